The lowest BCUT2D eigenvalue weighted by molar-refractivity contribution is 0.226. The SMILES string of the molecule is CCC(c1ccc(O)cc1)N1CCC(C(C)N)C1. The summed E-state index contributed by atoms with van der Waals surface area (Å²) in [5.41, 5.74) is 7.29. The molecule has 0 aromatic heterocycles. The zero-order chi connectivity index (χ0) is 13.1. The van der Waals surface area contributed by atoms with Crippen LogP contribution in [0.3, 0.4) is 0 Å². The van der Waals surface area contributed by atoms with Crippen molar-refractivity contribution < 1.29 is 5.11 Å². The molecule has 18 heavy (non-hydrogen) atoms. The van der Waals surface area contributed by atoms with E-state index in [0.29, 0.717) is 17.7 Å². The van der Waals surface area contributed by atoms with Gasteiger partial charge in [-0.25, -0.2) is 0 Å². The van der Waals surface area contributed by atoms with Gasteiger partial charge in [0.1, 0.15) is 5.75 Å². The molecule has 3 heteroatoms. The van der Waals surface area contributed by atoms with Gasteiger partial charge in [-0.1, -0.05) is 19.1 Å². The molecule has 100 valence electrons. The highest BCUT2D eigenvalue weighted by molar-refractivity contribution is 5.28. The van der Waals surface area contributed by atoms with Crippen LogP contribution in [0.2, 0.25) is 0 Å². The third-order valence-corrected chi connectivity index (χ3v) is 4.11. The molecule has 1 aromatic carbocycles. The van der Waals surface area contributed by atoms with Crippen LogP contribution in [0, 0.1) is 5.92 Å². The van der Waals surface area contributed by atoms with Gasteiger partial charge in [0, 0.05) is 18.6 Å². The van der Waals surface area contributed by atoms with Gasteiger partial charge < -0.3 is 10.8 Å². The molecule has 1 aliphatic rings. The maximum atomic E-state index is 9.36. The first-order valence-electron chi connectivity index (χ1n) is 6.90. The second-order valence-electron chi connectivity index (χ2n) is 5.42. The van der Waals surface area contributed by atoms with Crippen LogP contribution in [0.25, 0.3) is 0 Å². The Morgan fingerprint density at radius 2 is 2.06 bits per heavy atom. The highest BCUT2D eigenvalue weighted by atomic mass is 16.3. The molecule has 3 N–H and O–H groups in total. The van der Waals surface area contributed by atoms with Crippen molar-refractivity contribution in [1.82, 2.24) is 4.90 Å². The molecule has 2 rings (SSSR count). The molecule has 1 saturated heterocycles. The standard InChI is InChI=1S/C15H24N2O/c1-3-15(12-4-6-14(18)7-5-12)17-9-8-13(10-17)11(2)16/h4-7,11,13,15,18H,3,8-10,16H2,1-2H3. The molecule has 3 nitrogen and oxygen atoms in total. The molecule has 1 aliphatic heterocycles. The Kier molecular flexibility index (Phi) is 4.25. The predicted molar refractivity (Wildman–Crippen MR) is 74.5 cm³/mol. The van der Waals surface area contributed by atoms with Crippen LogP contribution in [0.5, 0.6) is 5.75 Å². The number of phenolic OH excluding ortho intramolecular Hbond substituents is 1. The zero-order valence-electron chi connectivity index (χ0n) is 11.3. The number of aromatic hydroxyl groups is 1. The Hall–Kier alpha value is -1.06. The Bertz CT molecular complexity index is 375. The van der Waals surface area contributed by atoms with Gasteiger partial charge in [0.15, 0.2) is 0 Å². The number of hydrogen-bond donors (Lipinski definition) is 2. The lowest BCUT2D eigenvalue weighted by atomic mass is 10.0. The minimum absolute atomic E-state index is 0.285. The topological polar surface area (TPSA) is 49.5 Å². The average molecular weight is 248 g/mol. The van der Waals surface area contributed by atoms with E-state index in [4.69, 9.17) is 5.73 Å². The molecular weight excluding hydrogens is 224 g/mol. The second kappa shape index (κ2) is 5.72. The van der Waals surface area contributed by atoms with Gasteiger partial charge in [0.05, 0.1) is 0 Å². The molecule has 1 aromatic rings. The fraction of sp³-hybridized carbons (Fsp3) is 0.600. The van der Waals surface area contributed by atoms with Gasteiger partial charge in [-0.2, -0.15) is 0 Å². The minimum Gasteiger partial charge on any atom is -0.508 e. The third kappa shape index (κ3) is 2.85. The molecule has 3 unspecified atom stereocenters. The maximum absolute atomic E-state index is 9.36. The smallest absolute Gasteiger partial charge is 0.115 e. The largest absolute Gasteiger partial charge is 0.508 e. The van der Waals surface area contributed by atoms with E-state index in [-0.39, 0.29) is 6.04 Å². The van der Waals surface area contributed by atoms with Crippen molar-refractivity contribution in [3.05, 3.63) is 29.8 Å². The van der Waals surface area contributed by atoms with E-state index < -0.39 is 0 Å². The minimum atomic E-state index is 0.285. The van der Waals surface area contributed by atoms with Crippen molar-refractivity contribution in [2.24, 2.45) is 11.7 Å². The van der Waals surface area contributed by atoms with Crippen LogP contribution in [0.15, 0.2) is 24.3 Å². The van der Waals surface area contributed by atoms with Gasteiger partial charge in [-0.3, -0.25) is 4.90 Å². The van der Waals surface area contributed by atoms with Crippen molar-refractivity contribution in [2.45, 2.75) is 38.8 Å². The first-order chi connectivity index (χ1) is 8.61. The Morgan fingerprint density at radius 3 is 2.56 bits per heavy atom. The van der Waals surface area contributed by atoms with Gasteiger partial charge in [-0.15, -0.1) is 0 Å². The van der Waals surface area contributed by atoms with Crippen molar-refractivity contribution in [2.75, 3.05) is 13.1 Å². The molecule has 0 bridgehead atoms. The highest BCUT2D eigenvalue weighted by Crippen LogP contribution is 2.31. The molecule has 3 atom stereocenters. The van der Waals surface area contributed by atoms with Crippen LogP contribution in [-0.2, 0) is 0 Å². The molecular formula is C15H24N2O. The fourth-order valence-electron chi connectivity index (χ4n) is 2.93. The number of hydrogen-bond acceptors (Lipinski definition) is 3. The van der Waals surface area contributed by atoms with E-state index in [1.54, 1.807) is 12.1 Å². The maximum Gasteiger partial charge on any atom is 0.115 e. The molecule has 0 amide bonds. The normalized spacial score (nSPS) is 24.1. The van der Waals surface area contributed by atoms with Crippen LogP contribution in [0.4, 0.5) is 0 Å². The van der Waals surface area contributed by atoms with Crippen LogP contribution >= 0.6 is 0 Å². The summed E-state index contributed by atoms with van der Waals surface area (Å²) in [5.74, 6) is 0.958. The van der Waals surface area contributed by atoms with Crippen molar-refractivity contribution in [3.8, 4) is 5.75 Å². The highest BCUT2D eigenvalue weighted by Gasteiger charge is 2.29. The summed E-state index contributed by atoms with van der Waals surface area (Å²) in [6, 6.07) is 8.35. The summed E-state index contributed by atoms with van der Waals surface area (Å²) in [7, 11) is 0. The summed E-state index contributed by atoms with van der Waals surface area (Å²) in [4.78, 5) is 2.53. The summed E-state index contributed by atoms with van der Waals surface area (Å²) in [6.07, 6.45) is 2.29. The average Bonchev–Trinajstić information content (AvgIpc) is 2.82. The van der Waals surface area contributed by atoms with Gasteiger partial charge in [0.2, 0.25) is 0 Å². The number of nitrogens with two attached hydrogens (primary N) is 1. The van der Waals surface area contributed by atoms with E-state index in [1.807, 2.05) is 12.1 Å². The number of phenols is 1. The second-order valence-corrected chi connectivity index (χ2v) is 5.42. The van der Waals surface area contributed by atoms with E-state index in [9.17, 15) is 5.11 Å². The van der Waals surface area contributed by atoms with Crippen LogP contribution in [-0.4, -0.2) is 29.1 Å². The fourth-order valence-corrected chi connectivity index (χ4v) is 2.93. The molecule has 1 heterocycles. The summed E-state index contributed by atoms with van der Waals surface area (Å²) in [5, 5.41) is 9.36. The summed E-state index contributed by atoms with van der Waals surface area (Å²) >= 11 is 0. The van der Waals surface area contributed by atoms with Gasteiger partial charge in [-0.05, 0) is 49.9 Å². The Morgan fingerprint density at radius 1 is 1.39 bits per heavy atom. The van der Waals surface area contributed by atoms with Gasteiger partial charge >= 0.3 is 0 Å². The third-order valence-electron chi connectivity index (χ3n) is 4.11. The number of rotatable bonds is 4. The molecule has 1 fully saturated rings. The molecule has 0 spiro atoms. The summed E-state index contributed by atoms with van der Waals surface area (Å²) < 4.78 is 0. The quantitative estimate of drug-likeness (QED) is 0.860. The number of benzene rings is 1. The number of nitrogens with zero attached hydrogens (tertiary/aromatic N) is 1. The lowest BCUT2D eigenvalue weighted by Gasteiger charge is -2.28. The first-order valence-corrected chi connectivity index (χ1v) is 6.90. The van der Waals surface area contributed by atoms with E-state index in [1.165, 1.54) is 12.0 Å². The van der Waals surface area contributed by atoms with E-state index >= 15 is 0 Å². The van der Waals surface area contributed by atoms with Crippen LogP contribution < -0.4 is 5.73 Å². The van der Waals surface area contributed by atoms with Gasteiger partial charge in [0.25, 0.3) is 0 Å². The Balaban J connectivity index is 2.08. The zero-order valence-corrected chi connectivity index (χ0v) is 11.3. The van der Waals surface area contributed by atoms with Crippen molar-refractivity contribution in [3.63, 3.8) is 0 Å². The van der Waals surface area contributed by atoms with E-state index in [0.717, 1.165) is 19.5 Å². The summed E-state index contributed by atoms with van der Waals surface area (Å²) in [6.45, 7) is 6.55. The van der Waals surface area contributed by atoms with Crippen molar-refractivity contribution in [1.29, 1.82) is 0 Å². The number of likely N-dealkylation sites (tertiary alicyclic amines) is 1. The van der Waals surface area contributed by atoms with Crippen molar-refractivity contribution >= 4 is 0 Å². The molecule has 0 radical (unpaired) electrons. The first kappa shape index (κ1) is 13.4. The molecule has 0 saturated carbocycles. The Labute approximate surface area is 110 Å². The monoisotopic (exact) mass is 248 g/mol. The predicted octanol–water partition coefficient (Wildman–Crippen LogP) is 2.51. The lowest BCUT2D eigenvalue weighted by Crippen LogP contribution is -2.31. The van der Waals surface area contributed by atoms with Crippen LogP contribution in [0.1, 0.15) is 38.3 Å². The molecule has 0 aliphatic carbocycles. The van der Waals surface area contributed by atoms with E-state index in [2.05, 4.69) is 18.7 Å².